The van der Waals surface area contributed by atoms with Crippen LogP contribution in [-0.4, -0.2) is 52.6 Å². The lowest BCUT2D eigenvalue weighted by molar-refractivity contribution is 0.0370. The molecular formula is C17H21N3O3S. The second-order valence-electron chi connectivity index (χ2n) is 5.58. The molecule has 24 heavy (non-hydrogen) atoms. The van der Waals surface area contributed by atoms with Crippen molar-refractivity contribution in [1.29, 1.82) is 0 Å². The van der Waals surface area contributed by atoms with Crippen LogP contribution >= 0.6 is 0 Å². The van der Waals surface area contributed by atoms with Gasteiger partial charge < -0.3 is 14.5 Å². The Kier molecular flexibility index (Phi) is 5.55. The van der Waals surface area contributed by atoms with Gasteiger partial charge in [0.05, 0.1) is 52.6 Å². The molecule has 2 unspecified atom stereocenters. The number of imidazole rings is 1. The van der Waals surface area contributed by atoms with Gasteiger partial charge >= 0.3 is 0 Å². The first-order valence-electron chi connectivity index (χ1n) is 7.85. The van der Waals surface area contributed by atoms with Crippen molar-refractivity contribution in [2.45, 2.75) is 24.6 Å². The third kappa shape index (κ3) is 3.80. The molecule has 0 radical (unpaired) electrons. The molecule has 1 N–H and O–H groups in total. The van der Waals surface area contributed by atoms with E-state index in [1.807, 2.05) is 37.4 Å². The van der Waals surface area contributed by atoms with E-state index in [0.29, 0.717) is 24.1 Å². The molecule has 7 heteroatoms. The molecule has 3 rings (SSSR count). The quantitative estimate of drug-likeness (QED) is 0.781. The van der Waals surface area contributed by atoms with Crippen molar-refractivity contribution < 1.29 is 13.7 Å². The summed E-state index contributed by atoms with van der Waals surface area (Å²) in [6.45, 7) is 3.08. The Morgan fingerprint density at radius 1 is 1.33 bits per heavy atom. The zero-order valence-corrected chi connectivity index (χ0v) is 14.6. The van der Waals surface area contributed by atoms with E-state index in [-0.39, 0.29) is 6.10 Å². The van der Waals surface area contributed by atoms with E-state index < -0.39 is 10.8 Å². The molecule has 2 aromatic rings. The molecule has 2 heterocycles. The van der Waals surface area contributed by atoms with E-state index in [2.05, 4.69) is 15.0 Å². The number of aromatic nitrogens is 2. The van der Waals surface area contributed by atoms with E-state index in [4.69, 9.17) is 9.47 Å². The summed E-state index contributed by atoms with van der Waals surface area (Å²) in [5.41, 5.74) is 3.54. The minimum atomic E-state index is -1.28. The van der Waals surface area contributed by atoms with Gasteiger partial charge in [0.2, 0.25) is 0 Å². The largest absolute Gasteiger partial charge is 0.382 e. The molecule has 1 aromatic heterocycles. The smallest absolute Gasteiger partial charge is 0.197 e. The Balaban J connectivity index is 1.72. The molecule has 0 amide bonds. The van der Waals surface area contributed by atoms with Crippen LogP contribution in [0.25, 0.3) is 11.0 Å². The first-order valence-corrected chi connectivity index (χ1v) is 9.16. The molecule has 1 aliphatic rings. The van der Waals surface area contributed by atoms with E-state index in [9.17, 15) is 4.21 Å². The van der Waals surface area contributed by atoms with Crippen LogP contribution in [0.1, 0.15) is 13.3 Å². The minimum Gasteiger partial charge on any atom is -0.382 e. The molecule has 0 fully saturated rings. The molecule has 6 nitrogen and oxygen atoms in total. The van der Waals surface area contributed by atoms with Gasteiger partial charge in [0, 0.05) is 19.7 Å². The molecule has 128 valence electrons. The number of H-pyrrole nitrogens is 1. The van der Waals surface area contributed by atoms with E-state index >= 15 is 0 Å². The maximum Gasteiger partial charge on any atom is 0.197 e. The number of ether oxygens (including phenoxy) is 2. The molecule has 0 saturated carbocycles. The number of methoxy groups -OCH3 is 1. The van der Waals surface area contributed by atoms with Crippen LogP contribution < -0.4 is 0 Å². The second-order valence-corrected chi connectivity index (χ2v) is 6.94. The summed E-state index contributed by atoms with van der Waals surface area (Å²) in [5.74, 6) is 0.326. The molecule has 0 saturated heterocycles. The monoisotopic (exact) mass is 347 g/mol. The Morgan fingerprint density at radius 3 is 2.96 bits per heavy atom. The van der Waals surface area contributed by atoms with Gasteiger partial charge in [0.1, 0.15) is 0 Å². The molecule has 1 aromatic carbocycles. The van der Waals surface area contributed by atoms with Crippen molar-refractivity contribution in [3.8, 4) is 0 Å². The zero-order valence-electron chi connectivity index (χ0n) is 13.8. The van der Waals surface area contributed by atoms with Crippen molar-refractivity contribution >= 4 is 28.0 Å². The number of nitrogens with zero attached hydrogens (tertiary/aromatic N) is 2. The van der Waals surface area contributed by atoms with Gasteiger partial charge in [-0.3, -0.25) is 9.20 Å². The first-order chi connectivity index (χ1) is 11.7. The summed E-state index contributed by atoms with van der Waals surface area (Å²) < 4.78 is 23.5. The van der Waals surface area contributed by atoms with Crippen molar-refractivity contribution in [3.05, 3.63) is 35.5 Å². The lowest BCUT2D eigenvalue weighted by Gasteiger charge is -2.22. The number of aliphatic imine (C=N–C) groups is 1. The molecule has 0 spiro atoms. The van der Waals surface area contributed by atoms with Gasteiger partial charge in [-0.15, -0.1) is 0 Å². The highest BCUT2D eigenvalue weighted by atomic mass is 32.2. The van der Waals surface area contributed by atoms with Gasteiger partial charge in [-0.1, -0.05) is 12.1 Å². The fourth-order valence-corrected chi connectivity index (χ4v) is 3.68. The first kappa shape index (κ1) is 17.0. The van der Waals surface area contributed by atoms with Gasteiger partial charge in [0.25, 0.3) is 0 Å². The number of hydrogen-bond donors (Lipinski definition) is 1. The van der Waals surface area contributed by atoms with Crippen LogP contribution in [0.15, 0.2) is 45.7 Å². The van der Waals surface area contributed by atoms with Crippen LogP contribution in [0.4, 0.5) is 0 Å². The summed E-state index contributed by atoms with van der Waals surface area (Å²) in [4.78, 5) is 11.9. The molecule has 0 aliphatic carbocycles. The number of rotatable bonds is 7. The average molecular weight is 347 g/mol. The van der Waals surface area contributed by atoms with Crippen LogP contribution in [0.3, 0.4) is 0 Å². The lowest BCUT2D eigenvalue weighted by atomic mass is 10.1. The van der Waals surface area contributed by atoms with Crippen LogP contribution in [0, 0.1) is 0 Å². The van der Waals surface area contributed by atoms with Crippen molar-refractivity contribution in [3.63, 3.8) is 0 Å². The molecule has 2 atom stereocenters. The topological polar surface area (TPSA) is 76.6 Å². The maximum absolute atomic E-state index is 12.6. The number of benzene rings is 1. The fraction of sp³-hybridized carbons (Fsp3) is 0.412. The Morgan fingerprint density at radius 2 is 2.17 bits per heavy atom. The van der Waals surface area contributed by atoms with Gasteiger partial charge in [-0.25, -0.2) is 4.98 Å². The number of para-hydroxylation sites is 2. The predicted octanol–water partition coefficient (Wildman–Crippen LogP) is 2.45. The number of hydrogen-bond acceptors (Lipinski definition) is 5. The van der Waals surface area contributed by atoms with Crippen LogP contribution in [0.2, 0.25) is 0 Å². The molecule has 1 aliphatic heterocycles. The SMILES string of the molecule is COCCOC1CC=NC(CS(=O)c2nc3ccccc3[nH]2)=C1C. The summed E-state index contributed by atoms with van der Waals surface area (Å²) in [7, 11) is 0.374. The van der Waals surface area contributed by atoms with E-state index in [0.717, 1.165) is 28.7 Å². The fourth-order valence-electron chi connectivity index (χ4n) is 2.57. The predicted molar refractivity (Wildman–Crippen MR) is 94.8 cm³/mol. The summed E-state index contributed by atoms with van der Waals surface area (Å²) in [6, 6.07) is 7.66. The highest BCUT2D eigenvalue weighted by Gasteiger charge is 2.21. The van der Waals surface area contributed by atoms with Crippen LogP contribution in [0.5, 0.6) is 0 Å². The van der Waals surface area contributed by atoms with Crippen molar-refractivity contribution in [2.24, 2.45) is 4.99 Å². The maximum atomic E-state index is 12.6. The Hall–Kier alpha value is -1.83. The normalized spacial score (nSPS) is 19.2. The van der Waals surface area contributed by atoms with Crippen LogP contribution in [-0.2, 0) is 20.3 Å². The van der Waals surface area contributed by atoms with Gasteiger partial charge in [0.15, 0.2) is 5.16 Å². The third-order valence-electron chi connectivity index (χ3n) is 3.96. The Bertz CT molecular complexity index is 764. The van der Waals surface area contributed by atoms with Gasteiger partial charge in [-0.05, 0) is 24.6 Å². The standard InChI is InChI=1S/C17H21N3O3S/c1-12-15(18-8-7-16(12)23-10-9-22-2)11-24(21)17-19-13-5-3-4-6-14(13)20-17/h3-6,8,16H,7,9-11H2,1-2H3,(H,19,20). The lowest BCUT2D eigenvalue weighted by Crippen LogP contribution is -2.22. The summed E-state index contributed by atoms with van der Waals surface area (Å²) >= 11 is 0. The van der Waals surface area contributed by atoms with Gasteiger partial charge in [-0.2, -0.15) is 0 Å². The highest BCUT2D eigenvalue weighted by molar-refractivity contribution is 7.85. The van der Waals surface area contributed by atoms with E-state index in [1.165, 1.54) is 0 Å². The molecule has 0 bridgehead atoms. The minimum absolute atomic E-state index is 0.0275. The zero-order chi connectivity index (χ0) is 16.9. The Labute approximate surface area is 143 Å². The number of aromatic amines is 1. The third-order valence-corrected chi connectivity index (χ3v) is 5.12. The summed E-state index contributed by atoms with van der Waals surface area (Å²) in [6.07, 6.45) is 2.53. The average Bonchev–Trinajstić information content (AvgIpc) is 3.02. The number of nitrogens with one attached hydrogen (secondary N) is 1. The van der Waals surface area contributed by atoms with Crippen molar-refractivity contribution in [1.82, 2.24) is 9.97 Å². The summed E-state index contributed by atoms with van der Waals surface area (Å²) in [5, 5.41) is 0.481. The number of fused-ring (bicyclic) bond motifs is 1. The second kappa shape index (κ2) is 7.83. The van der Waals surface area contributed by atoms with Crippen molar-refractivity contribution in [2.75, 3.05) is 26.1 Å². The molecular weight excluding hydrogens is 326 g/mol. The van der Waals surface area contributed by atoms with E-state index in [1.54, 1.807) is 7.11 Å². The highest BCUT2D eigenvalue weighted by Crippen LogP contribution is 2.22.